The number of unbranched alkanes of at least 4 members (excludes halogenated alkanes) is 1. The second-order valence-electron chi connectivity index (χ2n) is 5.79. The minimum atomic E-state index is -0.776. The van der Waals surface area contributed by atoms with Crippen molar-refractivity contribution in [3.05, 3.63) is 0 Å². The first-order valence-corrected chi connectivity index (χ1v) is 7.20. The lowest BCUT2D eigenvalue weighted by atomic mass is 9.71. The Bertz CT molecular complexity index is 310. The zero-order valence-corrected chi connectivity index (χ0v) is 11.8. The third-order valence-electron chi connectivity index (χ3n) is 4.17. The van der Waals surface area contributed by atoms with Crippen molar-refractivity contribution in [2.24, 2.45) is 17.1 Å². The fourth-order valence-corrected chi connectivity index (χ4v) is 2.57. The van der Waals surface area contributed by atoms with Gasteiger partial charge in [0.25, 0.3) is 0 Å². The minimum Gasteiger partial charge on any atom is -0.481 e. The molecule has 0 aromatic rings. The van der Waals surface area contributed by atoms with Crippen LogP contribution in [0.4, 0.5) is 0 Å². The fourth-order valence-electron chi connectivity index (χ4n) is 2.57. The van der Waals surface area contributed by atoms with Crippen molar-refractivity contribution in [2.75, 3.05) is 13.1 Å². The Morgan fingerprint density at radius 3 is 2.47 bits per heavy atom. The summed E-state index contributed by atoms with van der Waals surface area (Å²) in [7, 11) is 0. The summed E-state index contributed by atoms with van der Waals surface area (Å²) < 4.78 is 0. The van der Waals surface area contributed by atoms with E-state index in [0.29, 0.717) is 31.7 Å². The van der Waals surface area contributed by atoms with E-state index in [-0.39, 0.29) is 12.5 Å². The van der Waals surface area contributed by atoms with Crippen molar-refractivity contribution < 1.29 is 14.7 Å². The number of carbonyl (C=O) groups is 2. The zero-order chi connectivity index (χ0) is 14.3. The molecule has 110 valence electrons. The molecule has 5 heteroatoms. The molecule has 0 radical (unpaired) electrons. The molecule has 0 unspecified atom stereocenters. The summed E-state index contributed by atoms with van der Waals surface area (Å²) in [4.78, 5) is 23.1. The Kier molecular flexibility index (Phi) is 6.28. The second-order valence-corrected chi connectivity index (χ2v) is 5.79. The summed E-state index contributed by atoms with van der Waals surface area (Å²) in [6, 6.07) is 0. The van der Waals surface area contributed by atoms with E-state index >= 15 is 0 Å². The topological polar surface area (TPSA) is 92.4 Å². The van der Waals surface area contributed by atoms with Gasteiger partial charge in [-0.2, -0.15) is 0 Å². The van der Waals surface area contributed by atoms with Crippen molar-refractivity contribution in [3.63, 3.8) is 0 Å². The van der Waals surface area contributed by atoms with Gasteiger partial charge < -0.3 is 16.2 Å². The number of carboxylic acid groups (broad SMARTS) is 1. The Labute approximate surface area is 114 Å². The molecule has 19 heavy (non-hydrogen) atoms. The van der Waals surface area contributed by atoms with Crippen molar-refractivity contribution >= 4 is 11.9 Å². The first-order chi connectivity index (χ1) is 9.00. The summed E-state index contributed by atoms with van der Waals surface area (Å²) >= 11 is 0. The predicted molar refractivity (Wildman–Crippen MR) is 73.6 cm³/mol. The molecule has 1 rings (SSSR count). The van der Waals surface area contributed by atoms with Crippen LogP contribution in [0, 0.1) is 11.3 Å². The van der Waals surface area contributed by atoms with Crippen molar-refractivity contribution in [1.29, 1.82) is 0 Å². The molecule has 4 N–H and O–H groups in total. The molecule has 0 spiro atoms. The first-order valence-electron chi connectivity index (χ1n) is 7.20. The minimum absolute atomic E-state index is 0.0623. The number of carbonyl (C=O) groups excluding carboxylic acids is 1. The van der Waals surface area contributed by atoms with Gasteiger partial charge in [0.2, 0.25) is 5.91 Å². The maximum atomic E-state index is 11.6. The van der Waals surface area contributed by atoms with Crippen LogP contribution in [0.3, 0.4) is 0 Å². The second kappa shape index (κ2) is 7.48. The SMILES string of the molecule is CC1CCC(CNC(=O)CCCCN)(C(=O)O)CC1. The van der Waals surface area contributed by atoms with E-state index in [2.05, 4.69) is 12.2 Å². The monoisotopic (exact) mass is 270 g/mol. The number of nitrogens with one attached hydrogen (secondary N) is 1. The van der Waals surface area contributed by atoms with Gasteiger partial charge in [0, 0.05) is 13.0 Å². The number of aliphatic carboxylic acids is 1. The molecule has 0 saturated heterocycles. The smallest absolute Gasteiger partial charge is 0.311 e. The zero-order valence-electron chi connectivity index (χ0n) is 11.8. The molecule has 0 aromatic heterocycles. The molecule has 1 fully saturated rings. The summed E-state index contributed by atoms with van der Waals surface area (Å²) in [6.07, 6.45) is 5.20. The third kappa shape index (κ3) is 4.82. The van der Waals surface area contributed by atoms with Crippen LogP contribution in [0.25, 0.3) is 0 Å². The van der Waals surface area contributed by atoms with Crippen LogP contribution in [-0.4, -0.2) is 30.1 Å². The fraction of sp³-hybridized carbons (Fsp3) is 0.857. The summed E-state index contributed by atoms with van der Waals surface area (Å²) in [5, 5.41) is 12.2. The Hall–Kier alpha value is -1.10. The lowest BCUT2D eigenvalue weighted by molar-refractivity contribution is -0.151. The molecule has 0 heterocycles. The van der Waals surface area contributed by atoms with Crippen molar-refractivity contribution in [2.45, 2.75) is 51.9 Å². The average molecular weight is 270 g/mol. The van der Waals surface area contributed by atoms with E-state index in [1.807, 2.05) is 0 Å². The van der Waals surface area contributed by atoms with E-state index in [1.165, 1.54) is 0 Å². The number of nitrogens with two attached hydrogens (primary N) is 1. The van der Waals surface area contributed by atoms with Gasteiger partial charge in [0.05, 0.1) is 5.41 Å². The molecule has 0 atom stereocenters. The Balaban J connectivity index is 2.42. The number of amides is 1. The molecule has 1 saturated carbocycles. The van der Waals surface area contributed by atoms with Crippen LogP contribution in [0.2, 0.25) is 0 Å². The van der Waals surface area contributed by atoms with Gasteiger partial charge in [-0.15, -0.1) is 0 Å². The number of hydrogen-bond acceptors (Lipinski definition) is 3. The van der Waals surface area contributed by atoms with Crippen LogP contribution in [0.1, 0.15) is 51.9 Å². The maximum Gasteiger partial charge on any atom is 0.311 e. The van der Waals surface area contributed by atoms with Crippen LogP contribution < -0.4 is 11.1 Å². The quantitative estimate of drug-likeness (QED) is 0.611. The highest BCUT2D eigenvalue weighted by atomic mass is 16.4. The lowest BCUT2D eigenvalue weighted by Gasteiger charge is -2.35. The molecule has 0 bridgehead atoms. The first kappa shape index (κ1) is 16.0. The number of carboxylic acids is 1. The molecule has 1 amide bonds. The van der Waals surface area contributed by atoms with Crippen molar-refractivity contribution in [3.8, 4) is 0 Å². The van der Waals surface area contributed by atoms with E-state index in [1.54, 1.807) is 0 Å². The maximum absolute atomic E-state index is 11.6. The van der Waals surface area contributed by atoms with E-state index in [0.717, 1.165) is 25.7 Å². The number of hydrogen-bond donors (Lipinski definition) is 3. The summed E-state index contributed by atoms with van der Waals surface area (Å²) in [5.74, 6) is -0.248. The standard InChI is InChI=1S/C14H26N2O3/c1-11-5-7-14(8-6-11,13(18)19)10-16-12(17)4-2-3-9-15/h11H,2-10,15H2,1H3,(H,16,17)(H,18,19). The highest BCUT2D eigenvalue weighted by molar-refractivity contribution is 5.79. The molecule has 1 aliphatic carbocycles. The van der Waals surface area contributed by atoms with E-state index in [9.17, 15) is 14.7 Å². The van der Waals surface area contributed by atoms with Gasteiger partial charge in [-0.05, 0) is 51.0 Å². The highest BCUT2D eigenvalue weighted by Crippen LogP contribution is 2.38. The highest BCUT2D eigenvalue weighted by Gasteiger charge is 2.41. The lowest BCUT2D eigenvalue weighted by Crippen LogP contribution is -2.45. The van der Waals surface area contributed by atoms with Gasteiger partial charge in [0.15, 0.2) is 0 Å². The molecular formula is C14H26N2O3. The third-order valence-corrected chi connectivity index (χ3v) is 4.17. The van der Waals surface area contributed by atoms with Gasteiger partial charge in [-0.3, -0.25) is 9.59 Å². The Morgan fingerprint density at radius 1 is 1.32 bits per heavy atom. The van der Waals surface area contributed by atoms with Crippen LogP contribution in [0.15, 0.2) is 0 Å². The van der Waals surface area contributed by atoms with Crippen molar-refractivity contribution in [1.82, 2.24) is 5.32 Å². The molecule has 0 aliphatic heterocycles. The number of rotatable bonds is 7. The summed E-state index contributed by atoms with van der Waals surface area (Å²) in [6.45, 7) is 3.00. The van der Waals surface area contributed by atoms with E-state index < -0.39 is 11.4 Å². The normalized spacial score (nSPS) is 26.9. The van der Waals surface area contributed by atoms with Crippen LogP contribution >= 0.6 is 0 Å². The van der Waals surface area contributed by atoms with Gasteiger partial charge in [0.1, 0.15) is 0 Å². The van der Waals surface area contributed by atoms with Gasteiger partial charge in [-0.25, -0.2) is 0 Å². The summed E-state index contributed by atoms with van der Waals surface area (Å²) in [5.41, 5.74) is 4.62. The molecule has 5 nitrogen and oxygen atoms in total. The van der Waals surface area contributed by atoms with Crippen LogP contribution in [0.5, 0.6) is 0 Å². The van der Waals surface area contributed by atoms with Gasteiger partial charge >= 0.3 is 5.97 Å². The largest absolute Gasteiger partial charge is 0.481 e. The Morgan fingerprint density at radius 2 is 1.95 bits per heavy atom. The predicted octanol–water partition coefficient (Wildman–Crippen LogP) is 1.51. The van der Waals surface area contributed by atoms with Gasteiger partial charge in [-0.1, -0.05) is 6.92 Å². The van der Waals surface area contributed by atoms with E-state index in [4.69, 9.17) is 5.73 Å². The average Bonchev–Trinajstić information content (AvgIpc) is 2.38. The van der Waals surface area contributed by atoms with Crippen LogP contribution in [-0.2, 0) is 9.59 Å². The molecular weight excluding hydrogens is 244 g/mol. The molecule has 1 aliphatic rings. The molecule has 0 aromatic carbocycles.